The fraction of sp³-hybridized carbons (Fsp3) is 0.269. The van der Waals surface area contributed by atoms with Crippen LogP contribution >= 0.6 is 0 Å². The molecule has 0 aliphatic carbocycles. The van der Waals surface area contributed by atoms with Crippen LogP contribution in [0.4, 0.5) is 5.69 Å². The number of methoxy groups -OCH3 is 2. The lowest BCUT2D eigenvalue weighted by atomic mass is 10.0. The molecule has 0 saturated carbocycles. The molecule has 1 amide bonds. The number of nitrogens with one attached hydrogen (secondary N) is 1. The molecule has 0 heterocycles. The van der Waals surface area contributed by atoms with Crippen LogP contribution in [0.15, 0.2) is 72.8 Å². The number of amides is 1. The lowest BCUT2D eigenvalue weighted by Gasteiger charge is -2.21. The van der Waals surface area contributed by atoms with Crippen molar-refractivity contribution in [3.05, 3.63) is 89.5 Å². The predicted molar refractivity (Wildman–Crippen MR) is 125 cm³/mol. The predicted octanol–water partition coefficient (Wildman–Crippen LogP) is 4.76. The molecule has 0 saturated heterocycles. The lowest BCUT2D eigenvalue weighted by molar-refractivity contribution is -0.117. The number of anilines is 1. The topological polar surface area (TPSA) is 50.8 Å². The van der Waals surface area contributed by atoms with E-state index in [-0.39, 0.29) is 5.91 Å². The quantitative estimate of drug-likeness (QED) is 0.516. The molecule has 0 spiro atoms. The Kier molecular flexibility index (Phi) is 8.07. The van der Waals surface area contributed by atoms with Gasteiger partial charge in [-0.2, -0.15) is 0 Å². The van der Waals surface area contributed by atoms with Gasteiger partial charge in [0.1, 0.15) is 0 Å². The second kappa shape index (κ2) is 11.2. The summed E-state index contributed by atoms with van der Waals surface area (Å²) in [5.74, 6) is 1.36. The van der Waals surface area contributed by atoms with Gasteiger partial charge in [-0.1, -0.05) is 61.5 Å². The monoisotopic (exact) mass is 418 g/mol. The molecule has 0 aliphatic rings. The second-order valence-corrected chi connectivity index (χ2v) is 7.36. The maximum Gasteiger partial charge on any atom is 0.238 e. The first kappa shape index (κ1) is 22.4. The highest BCUT2D eigenvalue weighted by Gasteiger charge is 2.13. The summed E-state index contributed by atoms with van der Waals surface area (Å²) in [5.41, 5.74) is 4.24. The molecule has 3 aromatic rings. The minimum Gasteiger partial charge on any atom is -0.493 e. The summed E-state index contributed by atoms with van der Waals surface area (Å²) < 4.78 is 10.7. The van der Waals surface area contributed by atoms with Crippen LogP contribution < -0.4 is 14.8 Å². The molecule has 162 valence electrons. The molecule has 0 atom stereocenters. The van der Waals surface area contributed by atoms with Gasteiger partial charge in [0.15, 0.2) is 11.5 Å². The molecule has 31 heavy (non-hydrogen) atoms. The summed E-state index contributed by atoms with van der Waals surface area (Å²) >= 11 is 0. The van der Waals surface area contributed by atoms with E-state index in [1.165, 1.54) is 5.56 Å². The van der Waals surface area contributed by atoms with Crippen LogP contribution in [0.5, 0.6) is 11.5 Å². The van der Waals surface area contributed by atoms with Gasteiger partial charge in [0.05, 0.1) is 20.8 Å². The fourth-order valence-electron chi connectivity index (χ4n) is 3.52. The number of benzene rings is 3. The third kappa shape index (κ3) is 6.33. The molecule has 0 radical (unpaired) electrons. The van der Waals surface area contributed by atoms with Crippen LogP contribution in [0.1, 0.15) is 23.6 Å². The number of nitrogens with zero attached hydrogens (tertiary/aromatic N) is 1. The first-order valence-corrected chi connectivity index (χ1v) is 10.5. The van der Waals surface area contributed by atoms with Crippen LogP contribution in [0, 0.1) is 0 Å². The Balaban J connectivity index is 1.64. The van der Waals surface area contributed by atoms with Crippen molar-refractivity contribution in [3.8, 4) is 11.5 Å². The summed E-state index contributed by atoms with van der Waals surface area (Å²) in [4.78, 5) is 14.9. The van der Waals surface area contributed by atoms with Gasteiger partial charge < -0.3 is 14.8 Å². The minimum absolute atomic E-state index is 0.0251. The highest BCUT2D eigenvalue weighted by atomic mass is 16.5. The average molecular weight is 419 g/mol. The summed E-state index contributed by atoms with van der Waals surface area (Å²) in [6.07, 6.45) is 0.778. The van der Waals surface area contributed by atoms with E-state index < -0.39 is 0 Å². The Morgan fingerprint density at radius 1 is 0.871 bits per heavy atom. The van der Waals surface area contributed by atoms with Crippen LogP contribution in [0.3, 0.4) is 0 Å². The standard InChI is InChI=1S/C26H30N2O3/c1-4-28(18-21-14-15-24(30-2)25(17-21)31-3)19-26(29)27-23-13-9-8-12-22(23)16-20-10-6-5-7-11-20/h5-15,17H,4,16,18-19H2,1-3H3,(H,27,29). The second-order valence-electron chi connectivity index (χ2n) is 7.36. The molecule has 3 aromatic carbocycles. The van der Waals surface area contributed by atoms with Gasteiger partial charge in [-0.3, -0.25) is 9.69 Å². The molecule has 5 heteroatoms. The third-order valence-electron chi connectivity index (χ3n) is 5.20. The van der Waals surface area contributed by atoms with E-state index in [1.807, 2.05) is 54.6 Å². The highest BCUT2D eigenvalue weighted by Crippen LogP contribution is 2.28. The SMILES string of the molecule is CCN(CC(=O)Nc1ccccc1Cc1ccccc1)Cc1ccc(OC)c(OC)c1. The van der Waals surface area contributed by atoms with Gasteiger partial charge >= 0.3 is 0 Å². The van der Waals surface area contributed by atoms with Crippen molar-refractivity contribution in [2.75, 3.05) is 32.6 Å². The Labute approximate surface area is 184 Å². The molecule has 0 fully saturated rings. The van der Waals surface area contributed by atoms with E-state index in [0.29, 0.717) is 24.6 Å². The van der Waals surface area contributed by atoms with E-state index in [1.54, 1.807) is 14.2 Å². The number of likely N-dealkylation sites (N-methyl/N-ethyl adjacent to an activating group) is 1. The first-order valence-electron chi connectivity index (χ1n) is 10.5. The fourth-order valence-corrected chi connectivity index (χ4v) is 3.52. The minimum atomic E-state index is -0.0251. The number of carbonyl (C=O) groups is 1. The van der Waals surface area contributed by atoms with Crippen molar-refractivity contribution in [2.45, 2.75) is 19.9 Å². The van der Waals surface area contributed by atoms with E-state index >= 15 is 0 Å². The van der Waals surface area contributed by atoms with Gasteiger partial charge in [0.2, 0.25) is 5.91 Å². The number of hydrogen-bond acceptors (Lipinski definition) is 4. The lowest BCUT2D eigenvalue weighted by Crippen LogP contribution is -2.33. The average Bonchev–Trinajstić information content (AvgIpc) is 2.80. The number of para-hydroxylation sites is 1. The number of hydrogen-bond donors (Lipinski definition) is 1. The maximum absolute atomic E-state index is 12.8. The summed E-state index contributed by atoms with van der Waals surface area (Å²) in [6.45, 7) is 3.77. The van der Waals surface area contributed by atoms with E-state index in [4.69, 9.17) is 9.47 Å². The molecule has 0 aromatic heterocycles. The first-order chi connectivity index (χ1) is 15.1. The van der Waals surface area contributed by atoms with Crippen molar-refractivity contribution < 1.29 is 14.3 Å². The zero-order valence-electron chi connectivity index (χ0n) is 18.4. The Bertz CT molecular complexity index is 989. The smallest absolute Gasteiger partial charge is 0.238 e. The number of rotatable bonds is 10. The zero-order chi connectivity index (χ0) is 22.1. The van der Waals surface area contributed by atoms with Gasteiger partial charge in [0.25, 0.3) is 0 Å². The van der Waals surface area contributed by atoms with Gasteiger partial charge in [-0.25, -0.2) is 0 Å². The maximum atomic E-state index is 12.8. The molecule has 0 bridgehead atoms. The summed E-state index contributed by atoms with van der Waals surface area (Å²) in [5, 5.41) is 3.10. The largest absolute Gasteiger partial charge is 0.493 e. The van der Waals surface area contributed by atoms with Crippen LogP contribution in [0.25, 0.3) is 0 Å². The number of carbonyl (C=O) groups excluding carboxylic acids is 1. The van der Waals surface area contributed by atoms with E-state index in [0.717, 1.165) is 29.8 Å². The van der Waals surface area contributed by atoms with Crippen LogP contribution in [-0.4, -0.2) is 38.1 Å². The van der Waals surface area contributed by atoms with Crippen LogP contribution in [0.2, 0.25) is 0 Å². The van der Waals surface area contributed by atoms with Crippen molar-refractivity contribution >= 4 is 11.6 Å². The van der Waals surface area contributed by atoms with Crippen LogP contribution in [-0.2, 0) is 17.8 Å². The Hall–Kier alpha value is -3.31. The Morgan fingerprint density at radius 2 is 1.58 bits per heavy atom. The van der Waals surface area contributed by atoms with Crippen molar-refractivity contribution in [2.24, 2.45) is 0 Å². The van der Waals surface area contributed by atoms with Crippen molar-refractivity contribution in [3.63, 3.8) is 0 Å². The zero-order valence-corrected chi connectivity index (χ0v) is 18.4. The molecular weight excluding hydrogens is 388 g/mol. The van der Waals surface area contributed by atoms with Crippen molar-refractivity contribution in [1.29, 1.82) is 0 Å². The summed E-state index contributed by atoms with van der Waals surface area (Å²) in [7, 11) is 3.25. The molecular formula is C26H30N2O3. The normalized spacial score (nSPS) is 10.7. The number of ether oxygens (including phenoxy) is 2. The molecule has 1 N–H and O–H groups in total. The highest BCUT2D eigenvalue weighted by molar-refractivity contribution is 5.93. The molecule has 0 unspecified atom stereocenters. The third-order valence-corrected chi connectivity index (χ3v) is 5.20. The van der Waals surface area contributed by atoms with Crippen molar-refractivity contribution in [1.82, 2.24) is 4.90 Å². The molecule has 3 rings (SSSR count). The van der Waals surface area contributed by atoms with Gasteiger partial charge in [0, 0.05) is 12.2 Å². The van der Waals surface area contributed by atoms with Gasteiger partial charge in [-0.05, 0) is 47.9 Å². The molecule has 5 nitrogen and oxygen atoms in total. The van der Waals surface area contributed by atoms with Gasteiger partial charge in [-0.15, -0.1) is 0 Å². The van der Waals surface area contributed by atoms with E-state index in [9.17, 15) is 4.79 Å². The Morgan fingerprint density at radius 3 is 2.29 bits per heavy atom. The molecule has 0 aliphatic heterocycles. The van der Waals surface area contributed by atoms with E-state index in [2.05, 4.69) is 35.3 Å². The summed E-state index contributed by atoms with van der Waals surface area (Å²) in [6, 6.07) is 24.1.